The largest absolute Gasteiger partial charge is 0.479 e. The smallest absolute Gasteiger partial charge is 0.341 e. The molecule has 1 heterocycles. The fourth-order valence-corrected chi connectivity index (χ4v) is 3.91. The molecule has 1 aromatic heterocycles. The summed E-state index contributed by atoms with van der Waals surface area (Å²) in [6.07, 6.45) is 10.4. The van der Waals surface area contributed by atoms with Gasteiger partial charge in [0.25, 0.3) is 0 Å². The van der Waals surface area contributed by atoms with Gasteiger partial charge >= 0.3 is 11.9 Å². The Morgan fingerprint density at radius 1 is 1.03 bits per heavy atom. The summed E-state index contributed by atoms with van der Waals surface area (Å²) in [7, 11) is 0. The Morgan fingerprint density at radius 2 is 1.62 bits per heavy atom. The van der Waals surface area contributed by atoms with Crippen molar-refractivity contribution in [3.8, 4) is 11.8 Å². The first-order valence-electron chi connectivity index (χ1n) is 10.1. The van der Waals surface area contributed by atoms with Crippen LogP contribution in [0.25, 0.3) is 0 Å². The average Bonchev–Trinajstić information content (AvgIpc) is 3.09. The second-order valence-corrected chi connectivity index (χ2v) is 8.20. The molecule has 1 aromatic rings. The van der Waals surface area contributed by atoms with Crippen LogP contribution in [-0.2, 0) is 20.8 Å². The van der Waals surface area contributed by atoms with Crippen LogP contribution < -0.4 is 5.32 Å². The zero-order valence-corrected chi connectivity index (χ0v) is 18.1. The van der Waals surface area contributed by atoms with Crippen LogP contribution in [0.15, 0.2) is 11.4 Å². The number of unbranched alkanes of at least 4 members (excludes halogenated alkanes) is 8. The van der Waals surface area contributed by atoms with Gasteiger partial charge in [-0.2, -0.15) is 0 Å². The van der Waals surface area contributed by atoms with E-state index in [0.717, 1.165) is 25.3 Å². The highest BCUT2D eigenvalue weighted by molar-refractivity contribution is 7.10. The molecule has 0 bridgehead atoms. The minimum Gasteiger partial charge on any atom is -0.479 e. The summed E-state index contributed by atoms with van der Waals surface area (Å²) in [6.45, 7) is 3.31. The molecule has 0 spiro atoms. The summed E-state index contributed by atoms with van der Waals surface area (Å²) < 4.78 is 0. The lowest BCUT2D eigenvalue weighted by Gasteiger charge is -2.24. The molecule has 0 aliphatic heterocycles. The summed E-state index contributed by atoms with van der Waals surface area (Å²) in [5.41, 5.74) is -1.64. The van der Waals surface area contributed by atoms with Gasteiger partial charge in [0.1, 0.15) is 0 Å². The first kappa shape index (κ1) is 24.7. The van der Waals surface area contributed by atoms with Crippen LogP contribution in [-0.4, -0.2) is 33.6 Å². The predicted octanol–water partition coefficient (Wildman–Crippen LogP) is 4.22. The van der Waals surface area contributed by atoms with Gasteiger partial charge in [-0.05, 0) is 12.5 Å². The molecule has 0 aromatic carbocycles. The van der Waals surface area contributed by atoms with Gasteiger partial charge < -0.3 is 15.5 Å². The number of amides is 1. The molecule has 0 radical (unpaired) electrons. The molecule has 7 heteroatoms. The van der Waals surface area contributed by atoms with Gasteiger partial charge in [0.15, 0.2) is 0 Å². The lowest BCUT2D eigenvalue weighted by atomic mass is 9.94. The van der Waals surface area contributed by atoms with Crippen LogP contribution in [0.4, 0.5) is 0 Å². The zero-order valence-electron chi connectivity index (χ0n) is 17.3. The highest BCUT2D eigenvalue weighted by atomic mass is 32.1. The molecule has 0 aliphatic rings. The van der Waals surface area contributed by atoms with Crippen LogP contribution in [0.3, 0.4) is 0 Å². The van der Waals surface area contributed by atoms with Gasteiger partial charge in [-0.3, -0.25) is 4.79 Å². The number of rotatable bonds is 13. The molecule has 0 saturated heterocycles. The fourth-order valence-electron chi connectivity index (χ4n) is 3.01. The van der Waals surface area contributed by atoms with E-state index in [2.05, 4.69) is 24.1 Å². The third-order valence-corrected chi connectivity index (χ3v) is 5.54. The normalized spacial score (nSPS) is 10.8. The quantitative estimate of drug-likeness (QED) is 0.251. The molecule has 0 saturated carbocycles. The molecule has 6 nitrogen and oxygen atoms in total. The number of hydrogen-bond acceptors (Lipinski definition) is 4. The number of carboxylic acids is 2. The summed E-state index contributed by atoms with van der Waals surface area (Å²) >= 11 is 1.24. The van der Waals surface area contributed by atoms with E-state index in [9.17, 15) is 24.6 Å². The molecule has 0 aliphatic carbocycles. The van der Waals surface area contributed by atoms with Crippen LogP contribution in [0.2, 0.25) is 0 Å². The van der Waals surface area contributed by atoms with Crippen molar-refractivity contribution in [1.29, 1.82) is 0 Å². The number of carboxylic acid groups (broad SMARTS) is 2. The van der Waals surface area contributed by atoms with E-state index in [1.165, 1.54) is 56.3 Å². The Balaban J connectivity index is 2.54. The number of carbonyl (C=O) groups is 3. The van der Waals surface area contributed by atoms with Crippen molar-refractivity contribution in [2.45, 2.75) is 83.6 Å². The van der Waals surface area contributed by atoms with Crippen molar-refractivity contribution in [3.63, 3.8) is 0 Å². The topological polar surface area (TPSA) is 104 Å². The molecular weight excluding hydrogens is 390 g/mol. The minimum atomic E-state index is -2.38. The first-order valence-corrected chi connectivity index (χ1v) is 11.0. The van der Waals surface area contributed by atoms with Crippen LogP contribution in [0.1, 0.15) is 82.1 Å². The summed E-state index contributed by atoms with van der Waals surface area (Å²) in [5, 5.41) is 22.6. The zero-order chi connectivity index (χ0) is 21.7. The second-order valence-electron chi connectivity index (χ2n) is 7.20. The molecule has 0 atom stereocenters. The molecule has 29 heavy (non-hydrogen) atoms. The third kappa shape index (κ3) is 8.70. The summed E-state index contributed by atoms with van der Waals surface area (Å²) in [6, 6.07) is 1.69. The Hall–Kier alpha value is -2.33. The lowest BCUT2D eigenvalue weighted by Crippen LogP contribution is -2.61. The maximum absolute atomic E-state index is 11.6. The molecule has 0 unspecified atom stereocenters. The molecule has 1 amide bonds. The number of aliphatic carboxylic acids is 2. The van der Waals surface area contributed by atoms with E-state index < -0.39 is 23.4 Å². The standard InChI is InChI=1S/C22H31NO5S/c1-3-4-5-6-7-8-9-10-11-12-13-18-14-19(29-16-18)15-22(20(25)26,21(27)28)23-17(2)24/h14,16H,3-11,15H2,1-2H3,(H,23,24)(H,25,26)(H,27,28). The fraction of sp³-hybridized carbons (Fsp3) is 0.591. The Morgan fingerprint density at radius 3 is 2.17 bits per heavy atom. The number of carbonyl (C=O) groups excluding carboxylic acids is 1. The number of thiophene rings is 1. The molecule has 3 N–H and O–H groups in total. The second kappa shape index (κ2) is 13.0. The highest BCUT2D eigenvalue weighted by Crippen LogP contribution is 2.22. The number of hydrogen-bond donors (Lipinski definition) is 3. The monoisotopic (exact) mass is 421 g/mol. The van der Waals surface area contributed by atoms with E-state index in [1.54, 1.807) is 11.4 Å². The van der Waals surface area contributed by atoms with Crippen molar-refractivity contribution in [3.05, 3.63) is 21.9 Å². The molecule has 0 fully saturated rings. The first-order chi connectivity index (χ1) is 13.8. The Bertz CT molecular complexity index is 730. The molecule has 1 rings (SSSR count). The number of nitrogens with one attached hydrogen (secondary N) is 1. The maximum Gasteiger partial charge on any atom is 0.341 e. The SMILES string of the molecule is CCCCCCCCCCC#Cc1csc(CC(NC(C)=O)(C(=O)O)C(=O)O)c1. The molecule has 160 valence electrons. The van der Waals surface area contributed by atoms with Gasteiger partial charge in [-0.15, -0.1) is 11.3 Å². The summed E-state index contributed by atoms with van der Waals surface area (Å²) in [5.74, 6) is 2.25. The van der Waals surface area contributed by atoms with E-state index in [-0.39, 0.29) is 6.42 Å². The van der Waals surface area contributed by atoms with E-state index in [4.69, 9.17) is 0 Å². The van der Waals surface area contributed by atoms with Gasteiger partial charge in [-0.1, -0.05) is 63.7 Å². The van der Waals surface area contributed by atoms with Crippen LogP contribution >= 0.6 is 11.3 Å². The van der Waals surface area contributed by atoms with Gasteiger partial charge in [-0.25, -0.2) is 9.59 Å². The van der Waals surface area contributed by atoms with Crippen LogP contribution in [0.5, 0.6) is 0 Å². The van der Waals surface area contributed by atoms with Crippen LogP contribution in [0, 0.1) is 11.8 Å². The third-order valence-electron chi connectivity index (χ3n) is 4.60. The maximum atomic E-state index is 11.6. The minimum absolute atomic E-state index is 0.332. The van der Waals surface area contributed by atoms with E-state index in [0.29, 0.717) is 4.88 Å². The van der Waals surface area contributed by atoms with Gasteiger partial charge in [0.2, 0.25) is 11.4 Å². The van der Waals surface area contributed by atoms with Crippen molar-refractivity contribution >= 4 is 29.2 Å². The van der Waals surface area contributed by atoms with E-state index in [1.807, 2.05) is 0 Å². The lowest BCUT2D eigenvalue weighted by molar-refractivity contribution is -0.161. The van der Waals surface area contributed by atoms with Gasteiger partial charge in [0.05, 0.1) is 0 Å². The average molecular weight is 422 g/mol. The van der Waals surface area contributed by atoms with Crippen molar-refractivity contribution in [2.24, 2.45) is 0 Å². The van der Waals surface area contributed by atoms with E-state index >= 15 is 0 Å². The van der Waals surface area contributed by atoms with Crippen molar-refractivity contribution in [2.75, 3.05) is 0 Å². The Labute approximate surface area is 176 Å². The predicted molar refractivity (Wildman–Crippen MR) is 114 cm³/mol. The Kier molecular flexibility index (Phi) is 11.1. The van der Waals surface area contributed by atoms with Crippen molar-refractivity contribution < 1.29 is 24.6 Å². The summed E-state index contributed by atoms with van der Waals surface area (Å²) in [4.78, 5) is 35.0. The van der Waals surface area contributed by atoms with Gasteiger partial charge in [0, 0.05) is 35.6 Å². The van der Waals surface area contributed by atoms with Crippen molar-refractivity contribution in [1.82, 2.24) is 5.32 Å². The highest BCUT2D eigenvalue weighted by Gasteiger charge is 2.48. The molecular formula is C22H31NO5S.